The van der Waals surface area contributed by atoms with Gasteiger partial charge in [-0.25, -0.2) is 0 Å². The van der Waals surface area contributed by atoms with E-state index in [1.54, 1.807) is 6.08 Å². The van der Waals surface area contributed by atoms with E-state index in [1.165, 1.54) is 122 Å². The lowest BCUT2D eigenvalue weighted by Gasteiger charge is -2.19. The van der Waals surface area contributed by atoms with Gasteiger partial charge in [-0.2, -0.15) is 0 Å². The van der Waals surface area contributed by atoms with Gasteiger partial charge >= 0.3 is 0 Å². The second-order valence-corrected chi connectivity index (χ2v) is 16.5. The molecule has 0 aromatic rings. The number of allylic oxidation sites excluding steroid dienone is 17. The standard InChI is InChI=1S/C56H95NO3/c1-3-5-7-9-11-13-15-17-19-21-22-23-24-25-26-27-28-29-30-31-32-33-34-36-38-40-42-44-46-48-50-52-56(60)57-54(53-58)55(59)51-49-47-45-43-41-39-37-35-20-18-16-14-12-10-8-6-4-2/h5,7,11,13,17,19-20,22-23,25-26,28-29,35,41,43,49,51,54-55,58-59H,3-4,6,8-10,12,14-16,18,21,24,27,30-34,36-40,42,44-48,50,52-53H2,1-2H3,(H,57,60)/b7-5-,13-11-,19-17-,23-22-,26-25-,29-28-,35-20+,43-41+,51-49+. The molecule has 0 spiro atoms. The number of unbranched alkanes of at least 4 members (excludes halogenated alkanes) is 21. The van der Waals surface area contributed by atoms with Crippen molar-refractivity contribution in [2.45, 2.75) is 231 Å². The summed E-state index contributed by atoms with van der Waals surface area (Å²) in [7, 11) is 0. The molecule has 0 rings (SSSR count). The Morgan fingerprint density at radius 2 is 0.750 bits per heavy atom. The zero-order valence-electron chi connectivity index (χ0n) is 39.2. The molecular weight excluding hydrogens is 735 g/mol. The van der Waals surface area contributed by atoms with Crippen molar-refractivity contribution in [3.05, 3.63) is 109 Å². The largest absolute Gasteiger partial charge is 0.394 e. The molecule has 60 heavy (non-hydrogen) atoms. The minimum absolute atomic E-state index is 0.0850. The maximum absolute atomic E-state index is 12.4. The third-order valence-corrected chi connectivity index (χ3v) is 10.7. The van der Waals surface area contributed by atoms with Gasteiger partial charge in [0.25, 0.3) is 0 Å². The van der Waals surface area contributed by atoms with Crippen LogP contribution in [0.2, 0.25) is 0 Å². The van der Waals surface area contributed by atoms with Gasteiger partial charge in [-0.15, -0.1) is 0 Å². The molecule has 0 aromatic carbocycles. The molecule has 4 nitrogen and oxygen atoms in total. The molecule has 2 unspecified atom stereocenters. The van der Waals surface area contributed by atoms with Crippen LogP contribution in [0.15, 0.2) is 109 Å². The molecule has 0 aliphatic heterocycles. The second kappa shape index (κ2) is 50.4. The summed E-state index contributed by atoms with van der Waals surface area (Å²) in [6.45, 7) is 4.16. The molecule has 4 heteroatoms. The monoisotopic (exact) mass is 830 g/mol. The molecule has 0 aliphatic rings. The van der Waals surface area contributed by atoms with Crippen LogP contribution in [0.3, 0.4) is 0 Å². The number of nitrogens with one attached hydrogen (secondary N) is 1. The number of carbonyl (C=O) groups excluding carboxylic acids is 1. The SMILES string of the molecule is CC/C=C\C/C=C\C/C=C\C/C=C\C/C=C\C/C=C\CCCCCCCCCCCCCCC(=O)NC(CO)C(O)/C=C/CC/C=C/CC/C=C/CCCCCCCCC. The zero-order valence-corrected chi connectivity index (χ0v) is 39.2. The van der Waals surface area contributed by atoms with Gasteiger partial charge < -0.3 is 15.5 Å². The number of aliphatic hydroxyl groups excluding tert-OH is 2. The fraction of sp³-hybridized carbons (Fsp3) is 0.661. The van der Waals surface area contributed by atoms with E-state index in [4.69, 9.17) is 0 Å². The van der Waals surface area contributed by atoms with Gasteiger partial charge in [-0.3, -0.25) is 4.79 Å². The highest BCUT2D eigenvalue weighted by molar-refractivity contribution is 5.76. The number of aliphatic hydroxyl groups is 2. The lowest BCUT2D eigenvalue weighted by atomic mass is 10.0. The smallest absolute Gasteiger partial charge is 0.220 e. The maximum Gasteiger partial charge on any atom is 0.220 e. The van der Waals surface area contributed by atoms with E-state index in [9.17, 15) is 15.0 Å². The first kappa shape index (κ1) is 57.1. The number of hydrogen-bond donors (Lipinski definition) is 3. The van der Waals surface area contributed by atoms with Crippen LogP contribution in [-0.2, 0) is 4.79 Å². The number of carbonyl (C=O) groups is 1. The Labute approximate surface area is 372 Å². The van der Waals surface area contributed by atoms with E-state index in [0.29, 0.717) is 6.42 Å². The Morgan fingerprint density at radius 1 is 0.417 bits per heavy atom. The maximum atomic E-state index is 12.4. The summed E-state index contributed by atoms with van der Waals surface area (Å²) >= 11 is 0. The molecule has 342 valence electrons. The number of amides is 1. The predicted molar refractivity (Wildman–Crippen MR) is 266 cm³/mol. The summed E-state index contributed by atoms with van der Waals surface area (Å²) in [5.41, 5.74) is 0. The lowest BCUT2D eigenvalue weighted by Crippen LogP contribution is -2.45. The Kier molecular flexibility index (Phi) is 47.9. The van der Waals surface area contributed by atoms with E-state index in [0.717, 1.165) is 77.0 Å². The van der Waals surface area contributed by atoms with Crippen molar-refractivity contribution < 1.29 is 15.0 Å². The van der Waals surface area contributed by atoms with Crippen LogP contribution in [0.1, 0.15) is 219 Å². The molecule has 0 heterocycles. The Hall–Kier alpha value is -2.95. The van der Waals surface area contributed by atoms with Crippen LogP contribution in [0.4, 0.5) is 0 Å². The Morgan fingerprint density at radius 3 is 1.17 bits per heavy atom. The number of hydrogen-bond acceptors (Lipinski definition) is 3. The molecule has 0 aliphatic carbocycles. The highest BCUT2D eigenvalue weighted by Crippen LogP contribution is 2.14. The Bertz CT molecular complexity index is 1170. The van der Waals surface area contributed by atoms with E-state index < -0.39 is 12.1 Å². The predicted octanol–water partition coefficient (Wildman–Crippen LogP) is 16.4. The molecule has 0 aromatic heterocycles. The van der Waals surface area contributed by atoms with Gasteiger partial charge in [0.05, 0.1) is 18.8 Å². The van der Waals surface area contributed by atoms with Crippen molar-refractivity contribution in [3.8, 4) is 0 Å². The minimum atomic E-state index is -0.877. The highest BCUT2D eigenvalue weighted by Gasteiger charge is 2.17. The average molecular weight is 830 g/mol. The van der Waals surface area contributed by atoms with Crippen LogP contribution in [0.25, 0.3) is 0 Å². The van der Waals surface area contributed by atoms with Crippen LogP contribution in [-0.4, -0.2) is 34.9 Å². The van der Waals surface area contributed by atoms with Crippen molar-refractivity contribution in [2.75, 3.05) is 6.61 Å². The van der Waals surface area contributed by atoms with E-state index in [-0.39, 0.29) is 12.5 Å². The van der Waals surface area contributed by atoms with Crippen LogP contribution < -0.4 is 5.32 Å². The van der Waals surface area contributed by atoms with Gasteiger partial charge in [-0.1, -0.05) is 226 Å². The normalized spacial score (nSPS) is 13.9. The van der Waals surface area contributed by atoms with Gasteiger partial charge in [0.15, 0.2) is 0 Å². The van der Waals surface area contributed by atoms with Crippen LogP contribution in [0.5, 0.6) is 0 Å². The molecular formula is C56H95NO3. The topological polar surface area (TPSA) is 69.6 Å². The average Bonchev–Trinajstić information content (AvgIpc) is 3.25. The van der Waals surface area contributed by atoms with Crippen molar-refractivity contribution in [2.24, 2.45) is 0 Å². The quantitative estimate of drug-likeness (QED) is 0.0423. The first-order valence-corrected chi connectivity index (χ1v) is 25.1. The molecule has 0 saturated heterocycles. The minimum Gasteiger partial charge on any atom is -0.394 e. The molecule has 0 bridgehead atoms. The van der Waals surface area contributed by atoms with E-state index in [2.05, 4.69) is 116 Å². The summed E-state index contributed by atoms with van der Waals surface area (Å²) in [6, 6.07) is -0.653. The number of rotatable bonds is 44. The summed E-state index contributed by atoms with van der Waals surface area (Å²) in [5, 5.41) is 23.0. The third-order valence-electron chi connectivity index (χ3n) is 10.7. The zero-order chi connectivity index (χ0) is 43.5. The highest BCUT2D eigenvalue weighted by atomic mass is 16.3. The van der Waals surface area contributed by atoms with E-state index in [1.807, 2.05) is 6.08 Å². The van der Waals surface area contributed by atoms with Crippen molar-refractivity contribution in [1.29, 1.82) is 0 Å². The molecule has 1 amide bonds. The van der Waals surface area contributed by atoms with E-state index >= 15 is 0 Å². The van der Waals surface area contributed by atoms with Gasteiger partial charge in [0, 0.05) is 6.42 Å². The Balaban J connectivity index is 3.62. The fourth-order valence-corrected chi connectivity index (χ4v) is 6.92. The van der Waals surface area contributed by atoms with Gasteiger partial charge in [-0.05, 0) is 96.3 Å². The molecule has 0 radical (unpaired) electrons. The molecule has 0 fully saturated rings. The van der Waals surface area contributed by atoms with Gasteiger partial charge in [0.2, 0.25) is 5.91 Å². The molecule has 3 N–H and O–H groups in total. The summed E-state index contributed by atoms with van der Waals surface area (Å²) in [4.78, 5) is 12.4. The lowest BCUT2D eigenvalue weighted by molar-refractivity contribution is -0.123. The van der Waals surface area contributed by atoms with Crippen LogP contribution in [0, 0.1) is 0 Å². The molecule has 2 atom stereocenters. The van der Waals surface area contributed by atoms with Crippen molar-refractivity contribution in [3.63, 3.8) is 0 Å². The summed E-state index contributed by atoms with van der Waals surface area (Å²) in [6.07, 6.45) is 76.4. The second-order valence-electron chi connectivity index (χ2n) is 16.5. The van der Waals surface area contributed by atoms with Crippen molar-refractivity contribution >= 4 is 5.91 Å². The first-order valence-electron chi connectivity index (χ1n) is 25.1. The first-order chi connectivity index (χ1) is 29.7. The molecule has 0 saturated carbocycles. The summed E-state index contributed by atoms with van der Waals surface area (Å²) < 4.78 is 0. The fourth-order valence-electron chi connectivity index (χ4n) is 6.92. The van der Waals surface area contributed by atoms with Crippen LogP contribution >= 0.6 is 0 Å². The van der Waals surface area contributed by atoms with Crippen molar-refractivity contribution in [1.82, 2.24) is 5.32 Å². The van der Waals surface area contributed by atoms with Gasteiger partial charge in [0.1, 0.15) is 0 Å². The third kappa shape index (κ3) is 46.1. The summed E-state index contributed by atoms with van der Waals surface area (Å²) in [5.74, 6) is -0.0850.